The molecule has 4 nitrogen and oxygen atoms in total. The molecule has 0 amide bonds. The van der Waals surface area contributed by atoms with Crippen molar-refractivity contribution < 1.29 is 9.13 Å². The lowest BCUT2D eigenvalue weighted by molar-refractivity contribution is 0.415. The van der Waals surface area contributed by atoms with Gasteiger partial charge in [0.1, 0.15) is 17.4 Å². The van der Waals surface area contributed by atoms with E-state index in [4.69, 9.17) is 10.5 Å². The standard InChI is InChI=1S/C15H14FN3O/c1-19-14-7-9(16)3-6-13(14)18-15(19)11-8-10(20-2)4-5-12(11)17/h3-8H,17H2,1-2H3. The van der Waals surface area contributed by atoms with Crippen LogP contribution in [0.5, 0.6) is 5.75 Å². The molecule has 0 spiro atoms. The smallest absolute Gasteiger partial charge is 0.143 e. The Morgan fingerprint density at radius 2 is 2.00 bits per heavy atom. The number of ether oxygens (including phenoxy) is 1. The number of imidazole rings is 1. The van der Waals surface area contributed by atoms with E-state index in [1.807, 2.05) is 17.7 Å². The number of nitrogens with two attached hydrogens (primary N) is 1. The second kappa shape index (κ2) is 4.52. The zero-order valence-corrected chi connectivity index (χ0v) is 11.2. The topological polar surface area (TPSA) is 53.1 Å². The van der Waals surface area contributed by atoms with Gasteiger partial charge in [0.15, 0.2) is 0 Å². The quantitative estimate of drug-likeness (QED) is 0.729. The molecular weight excluding hydrogens is 257 g/mol. The Morgan fingerprint density at radius 1 is 1.20 bits per heavy atom. The van der Waals surface area contributed by atoms with E-state index in [0.29, 0.717) is 17.3 Å². The van der Waals surface area contributed by atoms with Gasteiger partial charge < -0.3 is 15.0 Å². The summed E-state index contributed by atoms with van der Waals surface area (Å²) in [5.74, 6) is 1.10. The molecule has 20 heavy (non-hydrogen) atoms. The van der Waals surface area contributed by atoms with Crippen molar-refractivity contribution in [2.24, 2.45) is 7.05 Å². The maximum atomic E-state index is 13.3. The maximum Gasteiger partial charge on any atom is 0.143 e. The van der Waals surface area contributed by atoms with Crippen LogP contribution in [0.25, 0.3) is 22.4 Å². The zero-order chi connectivity index (χ0) is 14.3. The zero-order valence-electron chi connectivity index (χ0n) is 11.2. The number of nitrogen functional groups attached to an aromatic ring is 1. The van der Waals surface area contributed by atoms with Crippen molar-refractivity contribution in [3.05, 3.63) is 42.2 Å². The van der Waals surface area contributed by atoms with E-state index in [1.165, 1.54) is 12.1 Å². The van der Waals surface area contributed by atoms with Gasteiger partial charge in [-0.1, -0.05) is 0 Å². The van der Waals surface area contributed by atoms with Crippen molar-refractivity contribution in [2.75, 3.05) is 12.8 Å². The predicted octanol–water partition coefficient (Wildman–Crippen LogP) is 2.97. The van der Waals surface area contributed by atoms with Crippen LogP contribution in [0.3, 0.4) is 0 Å². The normalized spacial score (nSPS) is 10.9. The molecule has 0 radical (unpaired) electrons. The van der Waals surface area contributed by atoms with Crippen LogP contribution in [0.1, 0.15) is 0 Å². The van der Waals surface area contributed by atoms with E-state index >= 15 is 0 Å². The summed E-state index contributed by atoms with van der Waals surface area (Å²) < 4.78 is 20.4. The monoisotopic (exact) mass is 271 g/mol. The average molecular weight is 271 g/mol. The van der Waals surface area contributed by atoms with Crippen molar-refractivity contribution >= 4 is 16.7 Å². The molecule has 0 aliphatic carbocycles. The molecule has 2 aromatic carbocycles. The minimum Gasteiger partial charge on any atom is -0.497 e. The summed E-state index contributed by atoms with van der Waals surface area (Å²) in [5.41, 5.74) is 8.83. The molecule has 1 heterocycles. The largest absolute Gasteiger partial charge is 0.497 e. The molecule has 0 aliphatic heterocycles. The first-order valence-corrected chi connectivity index (χ1v) is 6.16. The molecule has 5 heteroatoms. The molecular formula is C15H14FN3O. The Kier molecular flexibility index (Phi) is 2.82. The number of aromatic nitrogens is 2. The van der Waals surface area contributed by atoms with Crippen LogP contribution in [-0.2, 0) is 7.05 Å². The Labute approximate surface area is 115 Å². The first-order valence-electron chi connectivity index (χ1n) is 6.16. The van der Waals surface area contributed by atoms with Crippen molar-refractivity contribution in [1.29, 1.82) is 0 Å². The van der Waals surface area contributed by atoms with Crippen LogP contribution in [0.15, 0.2) is 36.4 Å². The number of hydrogen-bond donors (Lipinski definition) is 1. The minimum absolute atomic E-state index is 0.286. The van der Waals surface area contributed by atoms with E-state index < -0.39 is 0 Å². The third kappa shape index (κ3) is 1.87. The summed E-state index contributed by atoms with van der Waals surface area (Å²) in [6, 6.07) is 9.91. The highest BCUT2D eigenvalue weighted by Crippen LogP contribution is 2.31. The summed E-state index contributed by atoms with van der Waals surface area (Å²) >= 11 is 0. The number of methoxy groups -OCH3 is 1. The summed E-state index contributed by atoms with van der Waals surface area (Å²) in [7, 11) is 3.43. The highest BCUT2D eigenvalue weighted by atomic mass is 19.1. The molecule has 0 atom stereocenters. The van der Waals surface area contributed by atoms with Crippen LogP contribution in [0.2, 0.25) is 0 Å². The lowest BCUT2D eigenvalue weighted by Crippen LogP contribution is -1.97. The third-order valence-corrected chi connectivity index (χ3v) is 3.34. The van der Waals surface area contributed by atoms with Gasteiger partial charge in [-0.3, -0.25) is 0 Å². The van der Waals surface area contributed by atoms with Gasteiger partial charge in [-0.2, -0.15) is 0 Å². The molecule has 102 valence electrons. The number of fused-ring (bicyclic) bond motifs is 1. The molecule has 3 rings (SSSR count). The average Bonchev–Trinajstić information content (AvgIpc) is 2.77. The fourth-order valence-electron chi connectivity index (χ4n) is 2.26. The summed E-state index contributed by atoms with van der Waals surface area (Å²) in [6.07, 6.45) is 0. The fourth-order valence-corrected chi connectivity index (χ4v) is 2.26. The number of nitrogens with zero attached hydrogens (tertiary/aromatic N) is 2. The second-order valence-corrected chi connectivity index (χ2v) is 4.58. The van der Waals surface area contributed by atoms with E-state index in [0.717, 1.165) is 16.6 Å². The van der Waals surface area contributed by atoms with Gasteiger partial charge in [0, 0.05) is 18.3 Å². The molecule has 0 saturated carbocycles. The molecule has 0 aliphatic rings. The molecule has 0 bridgehead atoms. The number of benzene rings is 2. The van der Waals surface area contributed by atoms with E-state index in [-0.39, 0.29) is 5.82 Å². The maximum absolute atomic E-state index is 13.3. The molecule has 3 aromatic rings. The SMILES string of the molecule is COc1ccc(N)c(-c2nc3ccc(F)cc3n2C)c1. The third-order valence-electron chi connectivity index (χ3n) is 3.34. The van der Waals surface area contributed by atoms with Gasteiger partial charge in [0.05, 0.1) is 18.1 Å². The first kappa shape index (κ1) is 12.5. The fraction of sp³-hybridized carbons (Fsp3) is 0.133. The number of rotatable bonds is 2. The lowest BCUT2D eigenvalue weighted by atomic mass is 10.1. The van der Waals surface area contributed by atoms with Gasteiger partial charge in [-0.15, -0.1) is 0 Å². The van der Waals surface area contributed by atoms with Crippen LogP contribution >= 0.6 is 0 Å². The second-order valence-electron chi connectivity index (χ2n) is 4.58. The molecule has 0 unspecified atom stereocenters. The predicted molar refractivity (Wildman–Crippen MR) is 77.1 cm³/mol. The van der Waals surface area contributed by atoms with Crippen molar-refractivity contribution in [3.63, 3.8) is 0 Å². The van der Waals surface area contributed by atoms with Gasteiger partial charge in [-0.25, -0.2) is 9.37 Å². The summed E-state index contributed by atoms with van der Waals surface area (Å²) in [5, 5.41) is 0. The van der Waals surface area contributed by atoms with Crippen LogP contribution in [-0.4, -0.2) is 16.7 Å². The number of aryl methyl sites for hydroxylation is 1. The highest BCUT2D eigenvalue weighted by Gasteiger charge is 2.13. The number of hydrogen-bond acceptors (Lipinski definition) is 3. The van der Waals surface area contributed by atoms with E-state index in [1.54, 1.807) is 25.3 Å². The molecule has 0 fully saturated rings. The molecule has 1 aromatic heterocycles. The van der Waals surface area contributed by atoms with Crippen molar-refractivity contribution in [2.45, 2.75) is 0 Å². The van der Waals surface area contributed by atoms with Crippen LogP contribution in [0.4, 0.5) is 10.1 Å². The van der Waals surface area contributed by atoms with Crippen molar-refractivity contribution in [3.8, 4) is 17.1 Å². The van der Waals surface area contributed by atoms with Gasteiger partial charge >= 0.3 is 0 Å². The minimum atomic E-state index is -0.286. The van der Waals surface area contributed by atoms with Crippen LogP contribution in [0, 0.1) is 5.82 Å². The van der Waals surface area contributed by atoms with E-state index in [2.05, 4.69) is 4.98 Å². The highest BCUT2D eigenvalue weighted by molar-refractivity contribution is 5.84. The Hall–Kier alpha value is -2.56. The van der Waals surface area contributed by atoms with Crippen molar-refractivity contribution in [1.82, 2.24) is 9.55 Å². The Morgan fingerprint density at radius 3 is 2.75 bits per heavy atom. The summed E-state index contributed by atoms with van der Waals surface area (Å²) in [6.45, 7) is 0. The molecule has 2 N–H and O–H groups in total. The first-order chi connectivity index (χ1) is 9.60. The molecule has 0 saturated heterocycles. The van der Waals surface area contributed by atoms with E-state index in [9.17, 15) is 4.39 Å². The van der Waals surface area contributed by atoms with Gasteiger partial charge in [0.25, 0.3) is 0 Å². The van der Waals surface area contributed by atoms with Crippen LogP contribution < -0.4 is 10.5 Å². The van der Waals surface area contributed by atoms with Gasteiger partial charge in [0.2, 0.25) is 0 Å². The number of halogens is 1. The lowest BCUT2D eigenvalue weighted by Gasteiger charge is -2.08. The summed E-state index contributed by atoms with van der Waals surface area (Å²) in [4.78, 5) is 4.52. The Bertz CT molecular complexity index is 795. The Balaban J connectivity index is 2.27. The van der Waals surface area contributed by atoms with Gasteiger partial charge in [-0.05, 0) is 36.4 Å². The number of anilines is 1.